The molecule has 2 aromatic rings. The van der Waals surface area contributed by atoms with Gasteiger partial charge in [0.05, 0.1) is 11.1 Å². The molecule has 0 saturated heterocycles. The van der Waals surface area contributed by atoms with Crippen molar-refractivity contribution in [2.75, 3.05) is 0 Å². The Bertz CT molecular complexity index is 591. The van der Waals surface area contributed by atoms with Crippen molar-refractivity contribution < 1.29 is 85.6 Å². The van der Waals surface area contributed by atoms with Crippen LogP contribution in [0.25, 0.3) is 0 Å². The molecule has 0 amide bonds. The number of phenols is 2. The van der Waals surface area contributed by atoms with Crippen LogP contribution in [-0.2, 0) is 51.3 Å². The maximum Gasteiger partial charge on any atom is 0.448 e. The second kappa shape index (κ2) is 13.9. The summed E-state index contributed by atoms with van der Waals surface area (Å²) in [5, 5.41) is 32.5. The molecule has 0 aliphatic rings. The Hall–Kier alpha value is -1.15. The molecule has 0 heterocycles. The zero-order valence-electron chi connectivity index (χ0n) is 14.7. The number of hydrogen-bond acceptors (Lipinski definition) is 4. The number of alkyl halides is 6. The van der Waals surface area contributed by atoms with E-state index in [0.29, 0.717) is 0 Å². The maximum absolute atomic E-state index is 11.8. The predicted octanol–water partition coefficient (Wildman–Crippen LogP) is 3.91. The number of phenolic OH excluding ortho intramolecular Hbond substituents is 2. The van der Waals surface area contributed by atoms with Gasteiger partial charge in [0.25, 0.3) is 0 Å². The molecule has 0 aliphatic heterocycles. The Morgan fingerprint density at radius 3 is 0.929 bits per heavy atom. The molecule has 0 fully saturated rings. The van der Waals surface area contributed by atoms with Gasteiger partial charge in [0.2, 0.25) is 0 Å². The van der Waals surface area contributed by atoms with Crippen LogP contribution >= 0.6 is 0 Å². The molecule has 28 heavy (non-hydrogen) atoms. The van der Waals surface area contributed by atoms with Crippen molar-refractivity contribution in [3.05, 3.63) is 59.7 Å². The van der Waals surface area contributed by atoms with Crippen LogP contribution in [0.2, 0.25) is 6.82 Å². The van der Waals surface area contributed by atoms with Crippen molar-refractivity contribution in [1.82, 2.24) is 0 Å². The quantitative estimate of drug-likeness (QED) is 0.317. The number of aromatic hydroxyl groups is 2. The molecular weight excluding hydrogens is 500 g/mol. The van der Waals surface area contributed by atoms with Crippen LogP contribution in [0.15, 0.2) is 48.5 Å². The van der Waals surface area contributed by atoms with Crippen molar-refractivity contribution in [2.24, 2.45) is 0 Å². The number of hydrogen-bond donors (Lipinski definition) is 4. The Balaban J connectivity index is -0.000000355. The summed E-state index contributed by atoms with van der Waals surface area (Å²) in [4.78, 5) is 0. The fourth-order valence-corrected chi connectivity index (χ4v) is 1.30. The Morgan fingerprint density at radius 2 is 0.786 bits per heavy atom. The first kappa shape index (κ1) is 31.5. The summed E-state index contributed by atoms with van der Waals surface area (Å²) in [6.07, 6.45) is -8.65. The molecule has 0 aliphatic carbocycles. The molecule has 13 heteroatoms. The third kappa shape index (κ3) is 14.9. The summed E-state index contributed by atoms with van der Waals surface area (Å²) in [6.45, 7) is 1.28. The largest absolute Gasteiger partial charge is 0.508 e. The smallest absolute Gasteiger partial charge is 0.448 e. The minimum Gasteiger partial charge on any atom is -0.508 e. The average molecular weight is 515 g/mol. The first-order valence-corrected chi connectivity index (χ1v) is 6.82. The Morgan fingerprint density at radius 1 is 0.607 bits per heavy atom. The van der Waals surface area contributed by atoms with E-state index in [1.54, 1.807) is 0 Å². The standard InChI is InChI=1S/2C7H5F3O.CH5BO2.2Zn/c2*8-7(9,10)5-1-3-6(11)4-2-5;1-2(3)4;;/h2*1-4,11H;3-4H,1H3;;. The summed E-state index contributed by atoms with van der Waals surface area (Å²) in [6, 6.07) is 7.33. The third-order valence-corrected chi connectivity index (χ3v) is 2.39. The Labute approximate surface area is 182 Å². The van der Waals surface area contributed by atoms with E-state index in [4.69, 9.17) is 20.3 Å². The molecule has 0 saturated carbocycles. The van der Waals surface area contributed by atoms with Crippen LogP contribution in [0.4, 0.5) is 26.3 Å². The van der Waals surface area contributed by atoms with Gasteiger partial charge in [-0.2, -0.15) is 26.3 Å². The van der Waals surface area contributed by atoms with Gasteiger partial charge in [-0.25, -0.2) is 0 Å². The van der Waals surface area contributed by atoms with Crippen molar-refractivity contribution in [3.8, 4) is 11.5 Å². The van der Waals surface area contributed by atoms with Gasteiger partial charge < -0.3 is 20.3 Å². The van der Waals surface area contributed by atoms with Gasteiger partial charge in [0.15, 0.2) is 0 Å². The zero-order chi connectivity index (χ0) is 20.5. The van der Waals surface area contributed by atoms with E-state index >= 15 is 0 Å². The van der Waals surface area contributed by atoms with Crippen molar-refractivity contribution in [2.45, 2.75) is 19.2 Å². The zero-order valence-corrected chi connectivity index (χ0v) is 20.6. The van der Waals surface area contributed by atoms with Crippen LogP contribution < -0.4 is 0 Å². The van der Waals surface area contributed by atoms with E-state index in [-0.39, 0.29) is 50.5 Å². The number of halogens is 6. The second-order valence-corrected chi connectivity index (χ2v) is 4.72. The van der Waals surface area contributed by atoms with Crippen LogP contribution in [0.5, 0.6) is 11.5 Å². The third-order valence-electron chi connectivity index (χ3n) is 2.39. The number of rotatable bonds is 0. The van der Waals surface area contributed by atoms with E-state index in [2.05, 4.69) is 0 Å². The first-order valence-electron chi connectivity index (χ1n) is 6.82. The molecule has 0 radical (unpaired) electrons. The fourth-order valence-electron chi connectivity index (χ4n) is 1.30. The fraction of sp³-hybridized carbons (Fsp3) is 0.200. The normalized spacial score (nSPS) is 10.0. The summed E-state index contributed by atoms with van der Waals surface area (Å²) in [5.74, 6) is -0.337. The van der Waals surface area contributed by atoms with Gasteiger partial charge in [-0.3, -0.25) is 0 Å². The molecule has 2 aromatic carbocycles. The molecule has 148 valence electrons. The summed E-state index contributed by atoms with van der Waals surface area (Å²) in [5.41, 5.74) is -1.51. The SMILES string of the molecule is CB(O)O.Oc1ccc(C(F)(F)F)cc1.Oc1ccc(C(F)(F)F)cc1.[Zn].[Zn]. The molecule has 0 spiro atoms. The molecule has 2 rings (SSSR count). The maximum atomic E-state index is 11.8. The summed E-state index contributed by atoms with van der Waals surface area (Å²) >= 11 is 0. The molecule has 0 unspecified atom stereocenters. The average Bonchev–Trinajstić information content (AvgIpc) is 2.46. The molecule has 0 aromatic heterocycles. The molecular formula is C15H15BF6O4Zn2. The van der Waals surface area contributed by atoms with Gasteiger partial charge in [-0.05, 0) is 55.4 Å². The van der Waals surface area contributed by atoms with Gasteiger partial charge >= 0.3 is 19.5 Å². The molecule has 4 N–H and O–H groups in total. The predicted molar refractivity (Wildman–Crippen MR) is 82.3 cm³/mol. The van der Waals surface area contributed by atoms with E-state index in [9.17, 15) is 26.3 Å². The van der Waals surface area contributed by atoms with Gasteiger partial charge in [0.1, 0.15) is 11.5 Å². The molecule has 0 bridgehead atoms. The monoisotopic (exact) mass is 512 g/mol. The van der Waals surface area contributed by atoms with E-state index in [1.165, 1.54) is 6.82 Å². The minimum absolute atomic E-state index is 0. The van der Waals surface area contributed by atoms with E-state index < -0.39 is 30.6 Å². The summed E-state index contributed by atoms with van der Waals surface area (Å²) < 4.78 is 71.0. The van der Waals surface area contributed by atoms with Gasteiger partial charge in [-0.1, -0.05) is 0 Å². The van der Waals surface area contributed by atoms with Crippen molar-refractivity contribution in [1.29, 1.82) is 0 Å². The van der Waals surface area contributed by atoms with Crippen LogP contribution in [0.3, 0.4) is 0 Å². The van der Waals surface area contributed by atoms with Crippen LogP contribution in [0, 0.1) is 0 Å². The van der Waals surface area contributed by atoms with E-state index in [1.807, 2.05) is 0 Å². The summed E-state index contributed by atoms with van der Waals surface area (Å²) in [7, 11) is -1.17. The molecule has 0 atom stereocenters. The van der Waals surface area contributed by atoms with E-state index in [0.717, 1.165) is 48.5 Å². The second-order valence-electron chi connectivity index (χ2n) is 4.72. The topological polar surface area (TPSA) is 80.9 Å². The number of benzene rings is 2. The van der Waals surface area contributed by atoms with Gasteiger partial charge in [0, 0.05) is 39.0 Å². The minimum atomic E-state index is -4.33. The Kier molecular flexibility index (Phi) is 15.7. The first-order chi connectivity index (χ1) is 11.7. The van der Waals surface area contributed by atoms with Crippen molar-refractivity contribution in [3.63, 3.8) is 0 Å². The van der Waals surface area contributed by atoms with Crippen LogP contribution in [0.1, 0.15) is 11.1 Å². The molecule has 4 nitrogen and oxygen atoms in total. The van der Waals surface area contributed by atoms with Crippen LogP contribution in [-0.4, -0.2) is 27.4 Å². The van der Waals surface area contributed by atoms with Crippen molar-refractivity contribution >= 4 is 7.12 Å². The van der Waals surface area contributed by atoms with Gasteiger partial charge in [-0.15, -0.1) is 0 Å².